The minimum atomic E-state index is -0.807. The second-order valence-electron chi connectivity index (χ2n) is 8.14. The zero-order valence-electron chi connectivity index (χ0n) is 19.6. The average molecular weight is 513 g/mol. The number of hydrogen-bond acceptors (Lipinski definition) is 5. The van der Waals surface area contributed by atoms with Crippen molar-refractivity contribution in [3.8, 4) is 0 Å². The summed E-state index contributed by atoms with van der Waals surface area (Å²) in [5.41, 5.74) is 1.81. The Morgan fingerprint density at radius 2 is 1.89 bits per heavy atom. The molecule has 0 saturated carbocycles. The van der Waals surface area contributed by atoms with Gasteiger partial charge in [-0.1, -0.05) is 55.4 Å². The summed E-state index contributed by atoms with van der Waals surface area (Å²) in [4.78, 5) is 42.1. The Bertz CT molecular complexity index is 1180. The molecule has 0 aliphatic carbocycles. The summed E-state index contributed by atoms with van der Waals surface area (Å²) in [6.45, 7) is 5.60. The molecular formula is C26H29ClN4O3S. The molecule has 2 atom stereocenters. The third kappa shape index (κ3) is 8.19. The number of carbonyl (C=O) groups excluding carboxylic acids is 3. The molecule has 1 heterocycles. The Kier molecular flexibility index (Phi) is 9.81. The van der Waals surface area contributed by atoms with Gasteiger partial charge in [-0.15, -0.1) is 11.3 Å². The third-order valence-corrected chi connectivity index (χ3v) is 6.56. The number of rotatable bonds is 12. The molecule has 0 aliphatic heterocycles. The number of benzene rings is 2. The van der Waals surface area contributed by atoms with Gasteiger partial charge in [0, 0.05) is 24.4 Å². The van der Waals surface area contributed by atoms with E-state index in [1.54, 1.807) is 6.07 Å². The molecule has 0 spiro atoms. The van der Waals surface area contributed by atoms with Gasteiger partial charge in [0.1, 0.15) is 6.04 Å². The topological polar surface area (TPSA) is 100 Å². The van der Waals surface area contributed by atoms with Crippen LogP contribution in [0.3, 0.4) is 0 Å². The summed E-state index contributed by atoms with van der Waals surface area (Å²) in [7, 11) is 0. The second-order valence-corrected chi connectivity index (χ2v) is 9.69. The van der Waals surface area contributed by atoms with Gasteiger partial charge < -0.3 is 16.0 Å². The van der Waals surface area contributed by atoms with Crippen molar-refractivity contribution in [1.29, 1.82) is 0 Å². The van der Waals surface area contributed by atoms with E-state index in [1.165, 1.54) is 17.4 Å². The average Bonchev–Trinajstić information content (AvgIpc) is 3.24. The Morgan fingerprint density at radius 3 is 2.60 bits per heavy atom. The molecule has 35 heavy (non-hydrogen) atoms. The molecule has 9 heteroatoms. The molecule has 3 aromatic rings. The fourth-order valence-corrected chi connectivity index (χ4v) is 4.87. The van der Waals surface area contributed by atoms with Gasteiger partial charge in [0.2, 0.25) is 17.7 Å². The monoisotopic (exact) mass is 512 g/mol. The summed E-state index contributed by atoms with van der Waals surface area (Å²) in [5.74, 6) is -0.852. The molecule has 1 aromatic heterocycles. The SMILES string of the molecule is C=CC(=O)NC[C@H](Cc1ccccc1)NC(=O)[C@H](Cc1nc2ccc(Cl)cc2s1)NC(=O)CCC. The van der Waals surface area contributed by atoms with Crippen molar-refractivity contribution in [2.24, 2.45) is 0 Å². The van der Waals surface area contributed by atoms with Crippen molar-refractivity contribution in [2.45, 2.75) is 44.7 Å². The summed E-state index contributed by atoms with van der Waals surface area (Å²) in [6, 6.07) is 13.9. The van der Waals surface area contributed by atoms with Crippen LogP contribution in [0.1, 0.15) is 30.3 Å². The van der Waals surface area contributed by atoms with Gasteiger partial charge in [0.05, 0.1) is 21.3 Å². The molecule has 3 rings (SSSR count). The predicted octanol–water partition coefficient (Wildman–Crippen LogP) is 3.81. The van der Waals surface area contributed by atoms with Crippen molar-refractivity contribution in [1.82, 2.24) is 20.9 Å². The number of amides is 3. The van der Waals surface area contributed by atoms with Crippen LogP contribution in [0.5, 0.6) is 0 Å². The smallest absolute Gasteiger partial charge is 0.243 e. The fourth-order valence-electron chi connectivity index (χ4n) is 3.58. The van der Waals surface area contributed by atoms with Crippen LogP contribution in [0.4, 0.5) is 0 Å². The van der Waals surface area contributed by atoms with Crippen LogP contribution in [0.2, 0.25) is 5.02 Å². The van der Waals surface area contributed by atoms with Crippen LogP contribution in [-0.4, -0.2) is 41.3 Å². The maximum absolute atomic E-state index is 13.4. The van der Waals surface area contributed by atoms with Crippen molar-refractivity contribution < 1.29 is 14.4 Å². The van der Waals surface area contributed by atoms with E-state index in [2.05, 4.69) is 27.5 Å². The fraction of sp³-hybridized carbons (Fsp3) is 0.308. The predicted molar refractivity (Wildman–Crippen MR) is 140 cm³/mol. The number of nitrogens with zero attached hydrogens (tertiary/aromatic N) is 1. The largest absolute Gasteiger partial charge is 0.350 e. The first-order valence-corrected chi connectivity index (χ1v) is 12.7. The summed E-state index contributed by atoms with van der Waals surface area (Å²) >= 11 is 7.54. The molecular weight excluding hydrogens is 484 g/mol. The molecule has 7 nitrogen and oxygen atoms in total. The maximum atomic E-state index is 13.4. The number of nitrogens with one attached hydrogen (secondary N) is 3. The van der Waals surface area contributed by atoms with E-state index in [1.807, 2.05) is 49.4 Å². The lowest BCUT2D eigenvalue weighted by molar-refractivity contribution is -0.129. The van der Waals surface area contributed by atoms with Crippen LogP contribution in [-0.2, 0) is 27.2 Å². The molecule has 2 aromatic carbocycles. The van der Waals surface area contributed by atoms with E-state index in [0.29, 0.717) is 24.3 Å². The summed E-state index contributed by atoms with van der Waals surface area (Å²) < 4.78 is 0.917. The van der Waals surface area contributed by atoms with Crippen molar-refractivity contribution in [3.05, 3.63) is 76.8 Å². The highest BCUT2D eigenvalue weighted by Gasteiger charge is 2.25. The van der Waals surface area contributed by atoms with E-state index >= 15 is 0 Å². The lowest BCUT2D eigenvalue weighted by atomic mass is 10.0. The van der Waals surface area contributed by atoms with Crippen LogP contribution < -0.4 is 16.0 Å². The molecule has 0 bridgehead atoms. The van der Waals surface area contributed by atoms with Gasteiger partial charge >= 0.3 is 0 Å². The minimum Gasteiger partial charge on any atom is -0.350 e. The number of carbonyl (C=O) groups is 3. The van der Waals surface area contributed by atoms with Gasteiger partial charge in [-0.05, 0) is 42.7 Å². The molecule has 0 aliphatic rings. The standard InChI is InChI=1S/C26H29ClN4O3S/c1-3-8-24(33)30-21(15-25-31-20-12-11-18(27)14-22(20)35-25)26(34)29-19(16-28-23(32)4-2)13-17-9-6-5-7-10-17/h4-7,9-12,14,19,21H,2-3,8,13,15-16H2,1H3,(H,28,32)(H,29,34)(H,30,33)/t19-,21-/m0/s1. The van der Waals surface area contributed by atoms with Crippen molar-refractivity contribution in [2.75, 3.05) is 6.54 Å². The lowest BCUT2D eigenvalue weighted by Gasteiger charge is -2.23. The first-order chi connectivity index (χ1) is 16.9. The van der Waals surface area contributed by atoms with Crippen LogP contribution in [0.15, 0.2) is 61.2 Å². The summed E-state index contributed by atoms with van der Waals surface area (Å²) in [5, 5.41) is 9.95. The highest BCUT2D eigenvalue weighted by molar-refractivity contribution is 7.18. The number of thiazole rings is 1. The number of fused-ring (bicyclic) bond motifs is 1. The van der Waals surface area contributed by atoms with Crippen molar-refractivity contribution >= 4 is 50.9 Å². The van der Waals surface area contributed by atoms with Crippen LogP contribution in [0.25, 0.3) is 10.2 Å². The maximum Gasteiger partial charge on any atom is 0.243 e. The second kappa shape index (κ2) is 13.0. The van der Waals surface area contributed by atoms with Crippen LogP contribution >= 0.6 is 22.9 Å². The number of halogens is 1. The highest BCUT2D eigenvalue weighted by atomic mass is 35.5. The highest BCUT2D eigenvalue weighted by Crippen LogP contribution is 2.26. The van der Waals surface area contributed by atoms with E-state index in [-0.39, 0.29) is 36.7 Å². The molecule has 3 N–H and O–H groups in total. The van der Waals surface area contributed by atoms with Crippen molar-refractivity contribution in [3.63, 3.8) is 0 Å². The number of aromatic nitrogens is 1. The van der Waals surface area contributed by atoms with Gasteiger partial charge in [0.15, 0.2) is 0 Å². The molecule has 184 valence electrons. The minimum absolute atomic E-state index is 0.198. The molecule has 0 unspecified atom stereocenters. The zero-order valence-corrected chi connectivity index (χ0v) is 21.1. The molecule has 3 amide bonds. The van der Waals surface area contributed by atoms with E-state index in [0.717, 1.165) is 20.8 Å². The number of hydrogen-bond donors (Lipinski definition) is 3. The Balaban J connectivity index is 1.78. The normalized spacial score (nSPS) is 12.5. The first-order valence-electron chi connectivity index (χ1n) is 11.5. The van der Waals surface area contributed by atoms with Gasteiger partial charge in [0.25, 0.3) is 0 Å². The molecule has 0 radical (unpaired) electrons. The van der Waals surface area contributed by atoms with Gasteiger partial charge in [-0.3, -0.25) is 14.4 Å². The Morgan fingerprint density at radius 1 is 1.11 bits per heavy atom. The van der Waals surface area contributed by atoms with Gasteiger partial charge in [-0.2, -0.15) is 0 Å². The van der Waals surface area contributed by atoms with E-state index in [9.17, 15) is 14.4 Å². The Hall–Kier alpha value is -3.23. The van der Waals surface area contributed by atoms with Crippen LogP contribution in [0, 0.1) is 0 Å². The third-order valence-electron chi connectivity index (χ3n) is 5.28. The van der Waals surface area contributed by atoms with E-state index < -0.39 is 6.04 Å². The summed E-state index contributed by atoms with van der Waals surface area (Å²) in [6.07, 6.45) is 2.94. The molecule has 0 fully saturated rings. The molecule has 0 saturated heterocycles. The lowest BCUT2D eigenvalue weighted by Crippen LogP contribution is -2.53. The van der Waals surface area contributed by atoms with E-state index in [4.69, 9.17) is 11.6 Å². The zero-order chi connectivity index (χ0) is 25.2. The quantitative estimate of drug-likeness (QED) is 0.321. The Labute approximate surface area is 214 Å². The first kappa shape index (κ1) is 26.4. The van der Waals surface area contributed by atoms with Gasteiger partial charge in [-0.25, -0.2) is 4.98 Å².